The van der Waals surface area contributed by atoms with Gasteiger partial charge in [-0.05, 0) is 12.1 Å². The van der Waals surface area contributed by atoms with Gasteiger partial charge in [-0.25, -0.2) is 0 Å². The maximum atomic E-state index is 9.51. The average Bonchev–Trinajstić information content (AvgIpc) is 2.68. The fraction of sp³-hybridized carbons (Fsp3) is 0.158. The molecule has 2 aromatic carbocycles. The van der Waals surface area contributed by atoms with Gasteiger partial charge in [-0.3, -0.25) is 4.98 Å². The summed E-state index contributed by atoms with van der Waals surface area (Å²) in [5, 5.41) is 13.4. The van der Waals surface area contributed by atoms with Crippen molar-refractivity contribution in [2.45, 2.75) is 0 Å². The third-order valence-corrected chi connectivity index (χ3v) is 4.13. The number of nitrogens with zero attached hydrogens (tertiary/aromatic N) is 2. The Kier molecular flexibility index (Phi) is 4.77. The van der Waals surface area contributed by atoms with Crippen LogP contribution in [0.2, 0.25) is 0 Å². The summed E-state index contributed by atoms with van der Waals surface area (Å²) in [7, 11) is 4.60. The van der Waals surface area contributed by atoms with Crippen molar-refractivity contribution < 1.29 is 14.2 Å². The second-order valence-electron chi connectivity index (χ2n) is 5.70. The lowest BCUT2D eigenvalue weighted by molar-refractivity contribution is 0.324. The standard InChI is InChI=1S/C19H19N5O3/c1-25-16-4-11(5-17(26-2)19(16)27-3)24-18-10(8-20)9-23-15-7-14(22)13(21)6-12(15)18/h4-7,9H,21-22H2,1-3H3,(H,23,24). The van der Waals surface area contributed by atoms with Gasteiger partial charge in [0, 0.05) is 29.4 Å². The number of nitrogens with one attached hydrogen (secondary N) is 1. The highest BCUT2D eigenvalue weighted by Crippen LogP contribution is 2.41. The molecule has 0 atom stereocenters. The maximum absolute atomic E-state index is 9.51. The van der Waals surface area contributed by atoms with Gasteiger partial charge in [-0.1, -0.05) is 0 Å². The van der Waals surface area contributed by atoms with E-state index in [9.17, 15) is 5.26 Å². The first-order valence-corrected chi connectivity index (χ1v) is 7.97. The third-order valence-electron chi connectivity index (χ3n) is 4.13. The molecule has 138 valence electrons. The summed E-state index contributed by atoms with van der Waals surface area (Å²) in [6.07, 6.45) is 1.48. The highest BCUT2D eigenvalue weighted by molar-refractivity contribution is 6.00. The maximum Gasteiger partial charge on any atom is 0.203 e. The molecule has 27 heavy (non-hydrogen) atoms. The van der Waals surface area contributed by atoms with Crippen molar-refractivity contribution in [3.63, 3.8) is 0 Å². The van der Waals surface area contributed by atoms with Crippen LogP contribution in [0.4, 0.5) is 22.7 Å². The van der Waals surface area contributed by atoms with Crippen LogP contribution in [0.1, 0.15) is 5.56 Å². The number of aromatic nitrogens is 1. The minimum Gasteiger partial charge on any atom is -0.493 e. The van der Waals surface area contributed by atoms with E-state index >= 15 is 0 Å². The Morgan fingerprint density at radius 2 is 1.59 bits per heavy atom. The molecule has 0 aliphatic carbocycles. The summed E-state index contributed by atoms with van der Waals surface area (Å²) in [6, 6.07) is 8.99. The number of hydrogen-bond acceptors (Lipinski definition) is 8. The number of anilines is 4. The van der Waals surface area contributed by atoms with E-state index in [4.69, 9.17) is 25.7 Å². The van der Waals surface area contributed by atoms with Crippen LogP contribution in [0, 0.1) is 11.3 Å². The van der Waals surface area contributed by atoms with Crippen LogP contribution < -0.4 is 31.0 Å². The largest absolute Gasteiger partial charge is 0.493 e. The van der Waals surface area contributed by atoms with Crippen LogP contribution in [0.3, 0.4) is 0 Å². The molecule has 0 aliphatic heterocycles. The lowest BCUT2D eigenvalue weighted by Crippen LogP contribution is -2.01. The molecule has 0 saturated heterocycles. The zero-order chi connectivity index (χ0) is 19.6. The Morgan fingerprint density at radius 1 is 0.963 bits per heavy atom. The smallest absolute Gasteiger partial charge is 0.203 e. The Bertz CT molecular complexity index is 1030. The number of nitrogens with two attached hydrogens (primary N) is 2. The van der Waals surface area contributed by atoms with E-state index in [-0.39, 0.29) is 0 Å². The van der Waals surface area contributed by atoms with Gasteiger partial charge in [-0.15, -0.1) is 0 Å². The van der Waals surface area contributed by atoms with Gasteiger partial charge < -0.3 is 31.0 Å². The van der Waals surface area contributed by atoms with Gasteiger partial charge in [-0.2, -0.15) is 5.26 Å². The van der Waals surface area contributed by atoms with Gasteiger partial charge in [0.1, 0.15) is 6.07 Å². The van der Waals surface area contributed by atoms with E-state index in [1.54, 1.807) is 24.3 Å². The molecule has 5 N–H and O–H groups in total. The zero-order valence-corrected chi connectivity index (χ0v) is 15.2. The molecule has 1 heterocycles. The average molecular weight is 365 g/mol. The van der Waals surface area contributed by atoms with Crippen molar-refractivity contribution in [1.82, 2.24) is 4.98 Å². The molecule has 0 fully saturated rings. The quantitative estimate of drug-likeness (QED) is 0.589. The fourth-order valence-electron chi connectivity index (χ4n) is 2.79. The summed E-state index contributed by atoms with van der Waals surface area (Å²) in [6.45, 7) is 0. The summed E-state index contributed by atoms with van der Waals surface area (Å²) in [5.41, 5.74) is 14.8. The highest BCUT2D eigenvalue weighted by Gasteiger charge is 2.16. The first-order chi connectivity index (χ1) is 13.0. The molecule has 0 bridgehead atoms. The van der Waals surface area contributed by atoms with Crippen LogP contribution in [0.15, 0.2) is 30.5 Å². The van der Waals surface area contributed by atoms with Crippen LogP contribution in [0.25, 0.3) is 10.9 Å². The number of methoxy groups -OCH3 is 3. The van der Waals surface area contributed by atoms with Crippen LogP contribution in [-0.4, -0.2) is 26.3 Å². The Morgan fingerprint density at radius 3 is 2.15 bits per heavy atom. The molecule has 0 spiro atoms. The molecular weight excluding hydrogens is 346 g/mol. The van der Waals surface area contributed by atoms with Crippen LogP contribution in [0.5, 0.6) is 17.2 Å². The molecule has 0 radical (unpaired) electrons. The van der Waals surface area contributed by atoms with Gasteiger partial charge in [0.05, 0.1) is 49.5 Å². The number of nitriles is 1. The minimum atomic E-state index is 0.362. The van der Waals surface area contributed by atoms with E-state index in [1.807, 2.05) is 0 Å². The number of pyridine rings is 1. The molecular formula is C19H19N5O3. The van der Waals surface area contributed by atoms with Gasteiger partial charge in [0.25, 0.3) is 0 Å². The molecule has 8 heteroatoms. The van der Waals surface area contributed by atoms with Gasteiger partial charge >= 0.3 is 0 Å². The second kappa shape index (κ2) is 7.17. The van der Waals surface area contributed by atoms with Gasteiger partial charge in [0.2, 0.25) is 5.75 Å². The third kappa shape index (κ3) is 3.18. The molecule has 3 aromatic rings. The first kappa shape index (κ1) is 17.9. The van der Waals surface area contributed by atoms with E-state index < -0.39 is 0 Å². The van der Waals surface area contributed by atoms with Crippen molar-refractivity contribution in [2.75, 3.05) is 38.1 Å². The minimum absolute atomic E-state index is 0.362. The van der Waals surface area contributed by atoms with Crippen molar-refractivity contribution >= 4 is 33.7 Å². The number of fused-ring (bicyclic) bond motifs is 1. The van der Waals surface area contributed by atoms with E-state index in [0.717, 1.165) is 0 Å². The van der Waals surface area contributed by atoms with E-state index in [2.05, 4.69) is 16.4 Å². The topological polar surface area (TPSA) is 128 Å². The highest BCUT2D eigenvalue weighted by atomic mass is 16.5. The second-order valence-corrected chi connectivity index (χ2v) is 5.70. The molecule has 0 saturated carbocycles. The zero-order valence-electron chi connectivity index (χ0n) is 15.2. The summed E-state index contributed by atoms with van der Waals surface area (Å²) in [4.78, 5) is 4.28. The van der Waals surface area contributed by atoms with Crippen LogP contribution >= 0.6 is 0 Å². The molecule has 3 rings (SSSR count). The van der Waals surface area contributed by atoms with Gasteiger partial charge in [0.15, 0.2) is 11.5 Å². The molecule has 0 unspecified atom stereocenters. The van der Waals surface area contributed by atoms with E-state index in [0.29, 0.717) is 56.5 Å². The predicted octanol–water partition coefficient (Wildman–Crippen LogP) is 3.04. The summed E-state index contributed by atoms with van der Waals surface area (Å²) >= 11 is 0. The Hall–Kier alpha value is -3.86. The number of hydrogen-bond donors (Lipinski definition) is 3. The number of benzene rings is 2. The molecule has 0 amide bonds. The number of nitrogen functional groups attached to an aromatic ring is 2. The summed E-state index contributed by atoms with van der Waals surface area (Å²) in [5.74, 6) is 1.45. The normalized spacial score (nSPS) is 10.3. The lowest BCUT2D eigenvalue weighted by atomic mass is 10.1. The van der Waals surface area contributed by atoms with Crippen LogP contribution in [-0.2, 0) is 0 Å². The SMILES string of the molecule is COc1cc(Nc2c(C#N)cnc3cc(N)c(N)cc23)cc(OC)c1OC. The van der Waals surface area contributed by atoms with Crippen molar-refractivity contribution in [1.29, 1.82) is 5.26 Å². The van der Waals surface area contributed by atoms with E-state index in [1.165, 1.54) is 27.5 Å². The number of ether oxygens (including phenoxy) is 3. The monoisotopic (exact) mass is 365 g/mol. The van der Waals surface area contributed by atoms with Crippen molar-refractivity contribution in [2.24, 2.45) is 0 Å². The fourth-order valence-corrected chi connectivity index (χ4v) is 2.79. The molecule has 8 nitrogen and oxygen atoms in total. The van der Waals surface area contributed by atoms with Crippen molar-refractivity contribution in [3.05, 3.63) is 36.0 Å². The molecule has 0 aliphatic rings. The molecule has 1 aromatic heterocycles. The Labute approximate surface area is 156 Å². The number of rotatable bonds is 5. The van der Waals surface area contributed by atoms with Crippen molar-refractivity contribution in [3.8, 4) is 23.3 Å². The lowest BCUT2D eigenvalue weighted by Gasteiger charge is -2.17. The first-order valence-electron chi connectivity index (χ1n) is 7.97. The summed E-state index contributed by atoms with van der Waals surface area (Å²) < 4.78 is 16.1. The predicted molar refractivity (Wildman–Crippen MR) is 105 cm³/mol. The Balaban J connectivity index is 2.19.